The van der Waals surface area contributed by atoms with Gasteiger partial charge in [-0.25, -0.2) is 0 Å². The molecule has 5 nitrogen and oxygen atoms in total. The molecule has 0 aliphatic carbocycles. The molecule has 0 bridgehead atoms. The zero-order chi connectivity index (χ0) is 13.8. The first-order valence-electron chi connectivity index (χ1n) is 6.96. The topological polar surface area (TPSA) is 48.6 Å². The van der Waals surface area contributed by atoms with Crippen LogP contribution in [0, 0.1) is 0 Å². The predicted octanol–water partition coefficient (Wildman–Crippen LogP) is 1.46. The van der Waals surface area contributed by atoms with Crippen LogP contribution in [0.25, 0.3) is 10.9 Å². The summed E-state index contributed by atoms with van der Waals surface area (Å²) in [5.41, 5.74) is 1.06. The third-order valence-electron chi connectivity index (χ3n) is 3.71. The number of morpholine rings is 1. The maximum absolute atomic E-state index is 11.3. The average molecular weight is 273 g/mol. The van der Waals surface area contributed by atoms with E-state index >= 15 is 0 Å². The molecule has 2 aromatic rings. The highest BCUT2D eigenvalue weighted by atomic mass is 16.5. The summed E-state index contributed by atoms with van der Waals surface area (Å²) in [6.07, 6.45) is 0.894. The monoisotopic (exact) mass is 273 g/mol. The normalized spacial score (nSPS) is 16.4. The molecule has 1 aliphatic rings. The standard InChI is InChI=1S/C15H19N3O2/c19-12-18(6-5-17-7-9-20-10-8-17)15-11-13-3-1-2-4-14(13)16-15/h1-4,11-12,16H,5-10H2. The lowest BCUT2D eigenvalue weighted by Gasteiger charge is -2.28. The van der Waals surface area contributed by atoms with E-state index in [9.17, 15) is 4.79 Å². The molecule has 1 aliphatic heterocycles. The van der Waals surface area contributed by atoms with Gasteiger partial charge in [0, 0.05) is 37.1 Å². The van der Waals surface area contributed by atoms with Crippen molar-refractivity contribution < 1.29 is 9.53 Å². The van der Waals surface area contributed by atoms with Gasteiger partial charge >= 0.3 is 0 Å². The number of amides is 1. The van der Waals surface area contributed by atoms with Crippen molar-refractivity contribution in [1.29, 1.82) is 0 Å². The highest BCUT2D eigenvalue weighted by molar-refractivity contribution is 5.87. The SMILES string of the molecule is O=CN(CCN1CCOCC1)c1cc2ccccc2[nH]1. The van der Waals surface area contributed by atoms with E-state index in [4.69, 9.17) is 4.74 Å². The van der Waals surface area contributed by atoms with Crippen molar-refractivity contribution in [3.63, 3.8) is 0 Å². The van der Waals surface area contributed by atoms with Crippen LogP contribution < -0.4 is 4.90 Å². The molecule has 0 atom stereocenters. The second-order valence-corrected chi connectivity index (χ2v) is 4.99. The Labute approximate surface area is 118 Å². The fraction of sp³-hybridized carbons (Fsp3) is 0.400. The number of ether oxygens (including phenoxy) is 1. The quantitative estimate of drug-likeness (QED) is 0.839. The van der Waals surface area contributed by atoms with Gasteiger partial charge in [0.2, 0.25) is 6.41 Å². The van der Waals surface area contributed by atoms with Gasteiger partial charge in [-0.1, -0.05) is 18.2 Å². The molecule has 1 amide bonds. The van der Waals surface area contributed by atoms with Crippen molar-refractivity contribution in [2.45, 2.75) is 0 Å². The Morgan fingerprint density at radius 1 is 1.30 bits per heavy atom. The minimum absolute atomic E-state index is 0.691. The van der Waals surface area contributed by atoms with Crippen LogP contribution in [0.4, 0.5) is 5.82 Å². The number of hydrogen-bond acceptors (Lipinski definition) is 3. The van der Waals surface area contributed by atoms with Gasteiger partial charge in [0.15, 0.2) is 0 Å². The lowest BCUT2D eigenvalue weighted by molar-refractivity contribution is -0.107. The number of anilines is 1. The van der Waals surface area contributed by atoms with Crippen molar-refractivity contribution in [3.05, 3.63) is 30.3 Å². The number of hydrogen-bond donors (Lipinski definition) is 1. The number of H-pyrrole nitrogens is 1. The Hall–Kier alpha value is -1.85. The zero-order valence-corrected chi connectivity index (χ0v) is 11.4. The van der Waals surface area contributed by atoms with Crippen molar-refractivity contribution in [3.8, 4) is 0 Å². The average Bonchev–Trinajstić information content (AvgIpc) is 2.92. The van der Waals surface area contributed by atoms with Gasteiger partial charge in [-0.2, -0.15) is 0 Å². The summed E-state index contributed by atoms with van der Waals surface area (Å²) in [4.78, 5) is 18.7. The Kier molecular flexibility index (Phi) is 3.99. The number of fused-ring (bicyclic) bond motifs is 1. The number of aromatic nitrogens is 1. The van der Waals surface area contributed by atoms with Crippen LogP contribution in [0.3, 0.4) is 0 Å². The summed E-state index contributed by atoms with van der Waals surface area (Å²) in [5.74, 6) is 0.856. The van der Waals surface area contributed by atoms with E-state index in [0.29, 0.717) is 6.54 Å². The molecule has 1 N–H and O–H groups in total. The van der Waals surface area contributed by atoms with Gasteiger partial charge in [-0.05, 0) is 12.1 Å². The summed E-state index contributed by atoms with van der Waals surface area (Å²) in [6.45, 7) is 5.02. The van der Waals surface area contributed by atoms with Crippen LogP contribution in [-0.2, 0) is 9.53 Å². The van der Waals surface area contributed by atoms with Crippen LogP contribution in [0.5, 0.6) is 0 Å². The van der Waals surface area contributed by atoms with Gasteiger partial charge in [-0.15, -0.1) is 0 Å². The largest absolute Gasteiger partial charge is 0.379 e. The molecule has 0 unspecified atom stereocenters. The third kappa shape index (κ3) is 2.84. The van der Waals surface area contributed by atoms with Crippen LogP contribution >= 0.6 is 0 Å². The number of rotatable bonds is 5. The Morgan fingerprint density at radius 2 is 2.10 bits per heavy atom. The number of carbonyl (C=O) groups excluding carboxylic acids is 1. The van der Waals surface area contributed by atoms with Crippen LogP contribution in [0.15, 0.2) is 30.3 Å². The van der Waals surface area contributed by atoms with E-state index in [0.717, 1.165) is 56.0 Å². The van der Waals surface area contributed by atoms with Crippen LogP contribution in [0.2, 0.25) is 0 Å². The molecule has 2 heterocycles. The molecule has 0 spiro atoms. The lowest BCUT2D eigenvalue weighted by atomic mass is 10.2. The molecule has 0 saturated carbocycles. The first kappa shape index (κ1) is 13.1. The van der Waals surface area contributed by atoms with E-state index in [1.165, 1.54) is 0 Å². The number of aromatic amines is 1. The van der Waals surface area contributed by atoms with Crippen molar-refractivity contribution >= 4 is 23.1 Å². The van der Waals surface area contributed by atoms with Gasteiger partial charge < -0.3 is 9.72 Å². The van der Waals surface area contributed by atoms with Gasteiger partial charge in [0.05, 0.1) is 13.2 Å². The smallest absolute Gasteiger partial charge is 0.215 e. The molecule has 1 aromatic heterocycles. The first-order valence-corrected chi connectivity index (χ1v) is 6.96. The molecule has 5 heteroatoms. The summed E-state index contributed by atoms with van der Waals surface area (Å²) >= 11 is 0. The summed E-state index contributed by atoms with van der Waals surface area (Å²) < 4.78 is 5.33. The van der Waals surface area contributed by atoms with E-state index in [-0.39, 0.29) is 0 Å². The van der Waals surface area contributed by atoms with Crippen molar-refractivity contribution in [2.75, 3.05) is 44.3 Å². The fourth-order valence-electron chi connectivity index (χ4n) is 2.52. The van der Waals surface area contributed by atoms with E-state index in [1.54, 1.807) is 4.90 Å². The van der Waals surface area contributed by atoms with E-state index < -0.39 is 0 Å². The van der Waals surface area contributed by atoms with Gasteiger partial charge in [0.25, 0.3) is 0 Å². The highest BCUT2D eigenvalue weighted by Gasteiger charge is 2.13. The van der Waals surface area contributed by atoms with Gasteiger partial charge in [-0.3, -0.25) is 14.6 Å². The molecule has 20 heavy (non-hydrogen) atoms. The third-order valence-corrected chi connectivity index (χ3v) is 3.71. The molecule has 106 valence electrons. The van der Waals surface area contributed by atoms with E-state index in [1.807, 2.05) is 30.3 Å². The Morgan fingerprint density at radius 3 is 2.85 bits per heavy atom. The minimum atomic E-state index is 0.691. The zero-order valence-electron chi connectivity index (χ0n) is 11.4. The number of para-hydroxylation sites is 1. The second kappa shape index (κ2) is 6.07. The minimum Gasteiger partial charge on any atom is -0.379 e. The molecule has 1 fully saturated rings. The number of carbonyl (C=O) groups is 1. The Balaban J connectivity index is 1.67. The number of nitrogens with zero attached hydrogens (tertiary/aromatic N) is 2. The number of nitrogens with one attached hydrogen (secondary N) is 1. The number of benzene rings is 1. The molecule has 1 saturated heterocycles. The highest BCUT2D eigenvalue weighted by Crippen LogP contribution is 2.20. The lowest BCUT2D eigenvalue weighted by Crippen LogP contribution is -2.41. The summed E-state index contributed by atoms with van der Waals surface area (Å²) in [5, 5.41) is 1.13. The Bertz CT molecular complexity index is 542. The van der Waals surface area contributed by atoms with Crippen molar-refractivity contribution in [2.24, 2.45) is 0 Å². The molecular formula is C15H19N3O2. The maximum atomic E-state index is 11.3. The van der Waals surface area contributed by atoms with E-state index in [2.05, 4.69) is 9.88 Å². The second-order valence-electron chi connectivity index (χ2n) is 4.99. The summed E-state index contributed by atoms with van der Waals surface area (Å²) in [6, 6.07) is 10.1. The predicted molar refractivity (Wildman–Crippen MR) is 79.0 cm³/mol. The molecule has 1 aromatic carbocycles. The molecule has 3 rings (SSSR count). The van der Waals surface area contributed by atoms with Crippen LogP contribution in [0.1, 0.15) is 0 Å². The summed E-state index contributed by atoms with van der Waals surface area (Å²) in [7, 11) is 0. The first-order chi connectivity index (χ1) is 9.86. The maximum Gasteiger partial charge on any atom is 0.215 e. The fourth-order valence-corrected chi connectivity index (χ4v) is 2.52. The van der Waals surface area contributed by atoms with Crippen LogP contribution in [-0.4, -0.2) is 55.7 Å². The van der Waals surface area contributed by atoms with Gasteiger partial charge in [0.1, 0.15) is 5.82 Å². The molecule has 0 radical (unpaired) electrons. The molecular weight excluding hydrogens is 254 g/mol. The van der Waals surface area contributed by atoms with Crippen molar-refractivity contribution in [1.82, 2.24) is 9.88 Å².